The quantitative estimate of drug-likeness (QED) is 0.299. The van der Waals surface area contributed by atoms with Gasteiger partial charge in [0.2, 0.25) is 17.8 Å². The lowest BCUT2D eigenvalue weighted by Gasteiger charge is -2.27. The smallest absolute Gasteiger partial charge is 0.271 e. The second-order valence-electron chi connectivity index (χ2n) is 6.96. The molecule has 0 spiro atoms. The number of hydrogen-bond acceptors (Lipinski definition) is 11. The first-order valence-corrected chi connectivity index (χ1v) is 10.1. The fraction of sp³-hybridized carbons (Fsp3) is 0.238. The molecule has 2 N–H and O–H groups in total. The van der Waals surface area contributed by atoms with Crippen LogP contribution in [-0.2, 0) is 4.74 Å². The second-order valence-corrected chi connectivity index (χ2v) is 6.96. The maximum atomic E-state index is 11.1. The van der Waals surface area contributed by atoms with Crippen LogP contribution in [0.4, 0.5) is 29.2 Å². The molecule has 1 aliphatic rings. The van der Waals surface area contributed by atoms with Crippen LogP contribution in [0.5, 0.6) is 5.75 Å². The van der Waals surface area contributed by atoms with E-state index in [0.29, 0.717) is 37.9 Å². The first-order chi connectivity index (χ1) is 16.1. The number of nitrogens with one attached hydrogen (secondary N) is 2. The van der Waals surface area contributed by atoms with E-state index < -0.39 is 4.92 Å². The van der Waals surface area contributed by atoms with Gasteiger partial charge in [-0.25, -0.2) is 5.43 Å². The van der Waals surface area contributed by atoms with Crippen LogP contribution in [0.3, 0.4) is 0 Å². The Kier molecular flexibility index (Phi) is 6.85. The van der Waals surface area contributed by atoms with Gasteiger partial charge < -0.3 is 19.7 Å². The predicted octanol–water partition coefficient (Wildman–Crippen LogP) is 2.81. The molecule has 1 aliphatic heterocycles. The molecule has 170 valence electrons. The van der Waals surface area contributed by atoms with Crippen molar-refractivity contribution in [2.75, 3.05) is 49.1 Å². The molecule has 2 aromatic carbocycles. The van der Waals surface area contributed by atoms with Gasteiger partial charge in [0, 0.05) is 30.9 Å². The van der Waals surface area contributed by atoms with Gasteiger partial charge in [0.05, 0.1) is 31.5 Å². The molecule has 0 amide bonds. The number of benzene rings is 2. The molecule has 1 aromatic heterocycles. The molecule has 33 heavy (non-hydrogen) atoms. The van der Waals surface area contributed by atoms with E-state index in [2.05, 4.69) is 30.8 Å². The summed E-state index contributed by atoms with van der Waals surface area (Å²) in [6.07, 6.45) is 1.63. The van der Waals surface area contributed by atoms with Crippen molar-refractivity contribution in [3.63, 3.8) is 0 Å². The van der Waals surface area contributed by atoms with E-state index in [0.717, 1.165) is 11.3 Å². The summed E-state index contributed by atoms with van der Waals surface area (Å²) >= 11 is 0. The third-order valence-electron chi connectivity index (χ3n) is 4.72. The number of ether oxygens (including phenoxy) is 2. The van der Waals surface area contributed by atoms with Crippen LogP contribution in [0.25, 0.3) is 0 Å². The van der Waals surface area contributed by atoms with Crippen molar-refractivity contribution in [3.8, 4) is 5.75 Å². The number of morpholine rings is 1. The number of hydrogen-bond donors (Lipinski definition) is 2. The molecule has 12 heteroatoms. The molecular formula is C21H22N8O4. The summed E-state index contributed by atoms with van der Waals surface area (Å²) in [5, 5.41) is 18.3. The van der Waals surface area contributed by atoms with Gasteiger partial charge in [-0.3, -0.25) is 10.1 Å². The highest BCUT2D eigenvalue weighted by Crippen LogP contribution is 2.22. The summed E-state index contributed by atoms with van der Waals surface area (Å²) in [6.45, 7) is 2.40. The molecule has 1 fully saturated rings. The zero-order valence-corrected chi connectivity index (χ0v) is 17.8. The zero-order chi connectivity index (χ0) is 23.0. The highest BCUT2D eigenvalue weighted by Gasteiger charge is 2.17. The van der Waals surface area contributed by atoms with Crippen LogP contribution >= 0.6 is 0 Å². The Bertz CT molecular complexity index is 1130. The van der Waals surface area contributed by atoms with Gasteiger partial charge in [0.25, 0.3) is 5.69 Å². The molecular weight excluding hydrogens is 428 g/mol. The van der Waals surface area contributed by atoms with E-state index in [1.165, 1.54) is 12.1 Å². The van der Waals surface area contributed by atoms with E-state index >= 15 is 0 Å². The third kappa shape index (κ3) is 5.89. The molecule has 4 rings (SSSR count). The van der Waals surface area contributed by atoms with E-state index in [1.807, 2.05) is 29.2 Å². The van der Waals surface area contributed by atoms with Crippen LogP contribution in [-0.4, -0.2) is 59.5 Å². The fourth-order valence-corrected chi connectivity index (χ4v) is 3.06. The lowest BCUT2D eigenvalue weighted by atomic mass is 10.2. The van der Waals surface area contributed by atoms with E-state index in [4.69, 9.17) is 9.47 Å². The normalized spacial score (nSPS) is 13.7. The van der Waals surface area contributed by atoms with Crippen LogP contribution in [0.1, 0.15) is 5.56 Å². The molecule has 0 radical (unpaired) electrons. The molecule has 0 atom stereocenters. The van der Waals surface area contributed by atoms with Crippen molar-refractivity contribution in [1.29, 1.82) is 0 Å². The summed E-state index contributed by atoms with van der Waals surface area (Å²) in [5.74, 6) is 1.66. The predicted molar refractivity (Wildman–Crippen MR) is 123 cm³/mol. The lowest BCUT2D eigenvalue weighted by Crippen LogP contribution is -2.37. The van der Waals surface area contributed by atoms with Gasteiger partial charge >= 0.3 is 0 Å². The molecule has 1 saturated heterocycles. The summed E-state index contributed by atoms with van der Waals surface area (Å²) < 4.78 is 10.6. The minimum absolute atomic E-state index is 0.0371. The van der Waals surface area contributed by atoms with Gasteiger partial charge in [-0.2, -0.15) is 20.1 Å². The molecule has 0 bridgehead atoms. The summed E-state index contributed by atoms with van der Waals surface area (Å²) in [4.78, 5) is 25.9. The standard InChI is InChI=1S/C21H22N8O4/c1-32-18-7-5-15(6-8-18)14-22-27-20-24-19(23-16-3-2-4-17(13-16)29(30)31)25-21(26-20)28-9-11-33-12-10-28/h2-8,13-14H,9-12H2,1H3,(H2,23,24,25,26,27)/b22-14+. The number of nitrogens with zero attached hydrogens (tertiary/aromatic N) is 6. The highest BCUT2D eigenvalue weighted by molar-refractivity contribution is 5.80. The van der Waals surface area contributed by atoms with Crippen molar-refractivity contribution >= 4 is 35.4 Å². The van der Waals surface area contributed by atoms with E-state index in [1.54, 1.807) is 25.5 Å². The Morgan fingerprint density at radius 3 is 2.61 bits per heavy atom. The Morgan fingerprint density at radius 2 is 1.88 bits per heavy atom. The molecule has 0 aliphatic carbocycles. The lowest BCUT2D eigenvalue weighted by molar-refractivity contribution is -0.384. The summed E-state index contributed by atoms with van der Waals surface area (Å²) in [5.41, 5.74) is 4.13. The number of anilines is 4. The van der Waals surface area contributed by atoms with E-state index in [-0.39, 0.29) is 17.6 Å². The topological polar surface area (TPSA) is 140 Å². The van der Waals surface area contributed by atoms with E-state index in [9.17, 15) is 10.1 Å². The molecule has 0 saturated carbocycles. The Hall–Kier alpha value is -4.32. The Labute approximate surface area is 189 Å². The van der Waals surface area contributed by atoms with Crippen molar-refractivity contribution < 1.29 is 14.4 Å². The average Bonchev–Trinajstić information content (AvgIpc) is 2.85. The summed E-state index contributed by atoms with van der Waals surface area (Å²) in [6, 6.07) is 13.5. The SMILES string of the molecule is COc1ccc(/C=N/Nc2nc(Nc3cccc([N+](=O)[O-])c3)nc(N3CCOCC3)n2)cc1. The number of non-ortho nitro benzene ring substituents is 1. The van der Waals surface area contributed by atoms with Crippen LogP contribution in [0.2, 0.25) is 0 Å². The molecule has 0 unspecified atom stereocenters. The molecule has 2 heterocycles. The number of aromatic nitrogens is 3. The molecule has 12 nitrogen and oxygen atoms in total. The second kappa shape index (κ2) is 10.3. The third-order valence-corrected chi connectivity index (χ3v) is 4.72. The maximum Gasteiger partial charge on any atom is 0.271 e. The van der Waals surface area contributed by atoms with Gasteiger partial charge in [-0.15, -0.1) is 0 Å². The fourth-order valence-electron chi connectivity index (χ4n) is 3.06. The Morgan fingerprint density at radius 1 is 1.12 bits per heavy atom. The van der Waals surface area contributed by atoms with Crippen LogP contribution in [0, 0.1) is 10.1 Å². The van der Waals surface area contributed by atoms with Crippen LogP contribution in [0.15, 0.2) is 53.6 Å². The monoisotopic (exact) mass is 450 g/mol. The van der Waals surface area contributed by atoms with Gasteiger partial charge in [0.15, 0.2) is 0 Å². The Balaban J connectivity index is 1.56. The van der Waals surface area contributed by atoms with Crippen molar-refractivity contribution in [3.05, 3.63) is 64.2 Å². The highest BCUT2D eigenvalue weighted by atomic mass is 16.6. The number of nitro groups is 1. The van der Waals surface area contributed by atoms with Crippen LogP contribution < -0.4 is 20.4 Å². The van der Waals surface area contributed by atoms with Gasteiger partial charge in [0.1, 0.15) is 5.75 Å². The first kappa shape index (κ1) is 21.9. The van der Waals surface area contributed by atoms with Crippen molar-refractivity contribution in [1.82, 2.24) is 15.0 Å². The van der Waals surface area contributed by atoms with Crippen molar-refractivity contribution in [2.45, 2.75) is 0 Å². The number of hydrazone groups is 1. The number of rotatable bonds is 8. The minimum atomic E-state index is -0.460. The number of nitro benzene ring substituents is 1. The number of methoxy groups -OCH3 is 1. The zero-order valence-electron chi connectivity index (χ0n) is 17.8. The first-order valence-electron chi connectivity index (χ1n) is 10.1. The maximum absolute atomic E-state index is 11.1. The molecule has 3 aromatic rings. The van der Waals surface area contributed by atoms with Gasteiger partial charge in [-0.1, -0.05) is 6.07 Å². The van der Waals surface area contributed by atoms with Gasteiger partial charge in [-0.05, 0) is 35.9 Å². The minimum Gasteiger partial charge on any atom is -0.497 e. The largest absolute Gasteiger partial charge is 0.497 e. The average molecular weight is 450 g/mol. The van der Waals surface area contributed by atoms with Crippen molar-refractivity contribution in [2.24, 2.45) is 5.10 Å². The summed E-state index contributed by atoms with van der Waals surface area (Å²) in [7, 11) is 1.61.